The molecule has 1 fully saturated rings. The highest BCUT2D eigenvalue weighted by Gasteiger charge is 2.26. The van der Waals surface area contributed by atoms with Crippen LogP contribution in [-0.4, -0.2) is 45.2 Å². The summed E-state index contributed by atoms with van der Waals surface area (Å²) in [5.74, 6) is -0.205. The van der Waals surface area contributed by atoms with Crippen molar-refractivity contribution in [2.75, 3.05) is 30.7 Å². The monoisotopic (exact) mass is 374 g/mol. The highest BCUT2D eigenvalue weighted by Crippen LogP contribution is 2.25. The number of amides is 1. The van der Waals surface area contributed by atoms with Gasteiger partial charge in [0.25, 0.3) is 5.91 Å². The quantitative estimate of drug-likeness (QED) is 0.893. The number of benzene rings is 2. The SMILES string of the molecule is CS(=O)(=O)Nc1ccccc1C(=O)N1CCCOC(c2ccccc2)C1. The average molecular weight is 374 g/mol. The summed E-state index contributed by atoms with van der Waals surface area (Å²) in [4.78, 5) is 14.8. The van der Waals surface area contributed by atoms with Gasteiger partial charge in [-0.2, -0.15) is 0 Å². The summed E-state index contributed by atoms with van der Waals surface area (Å²) in [6.45, 7) is 1.57. The van der Waals surface area contributed by atoms with Crippen molar-refractivity contribution in [2.45, 2.75) is 12.5 Å². The largest absolute Gasteiger partial charge is 0.372 e. The maximum atomic E-state index is 13.1. The fourth-order valence-corrected chi connectivity index (χ4v) is 3.59. The number of para-hydroxylation sites is 1. The van der Waals surface area contributed by atoms with Crippen molar-refractivity contribution in [3.05, 3.63) is 65.7 Å². The first kappa shape index (κ1) is 18.4. The summed E-state index contributed by atoms with van der Waals surface area (Å²) in [5, 5.41) is 0. The Morgan fingerprint density at radius 2 is 1.81 bits per heavy atom. The molecule has 2 aromatic carbocycles. The second-order valence-electron chi connectivity index (χ2n) is 6.29. The van der Waals surface area contributed by atoms with Gasteiger partial charge in [0, 0.05) is 13.2 Å². The average Bonchev–Trinajstić information content (AvgIpc) is 2.87. The molecular weight excluding hydrogens is 352 g/mol. The van der Waals surface area contributed by atoms with Gasteiger partial charge in [0.15, 0.2) is 0 Å². The Balaban J connectivity index is 1.85. The smallest absolute Gasteiger partial charge is 0.256 e. The normalized spacial score (nSPS) is 18.2. The molecule has 1 unspecified atom stereocenters. The summed E-state index contributed by atoms with van der Waals surface area (Å²) in [6, 6.07) is 16.5. The van der Waals surface area contributed by atoms with E-state index in [1.807, 2.05) is 30.3 Å². The molecule has 1 atom stereocenters. The van der Waals surface area contributed by atoms with Crippen molar-refractivity contribution < 1.29 is 17.9 Å². The zero-order valence-electron chi connectivity index (χ0n) is 14.6. The number of nitrogens with one attached hydrogen (secondary N) is 1. The second kappa shape index (κ2) is 7.88. The Labute approximate surface area is 153 Å². The van der Waals surface area contributed by atoms with Gasteiger partial charge in [-0.3, -0.25) is 9.52 Å². The van der Waals surface area contributed by atoms with Gasteiger partial charge in [0.05, 0.1) is 24.1 Å². The van der Waals surface area contributed by atoms with E-state index in [-0.39, 0.29) is 12.0 Å². The molecule has 1 amide bonds. The number of anilines is 1. The number of ether oxygens (including phenoxy) is 1. The van der Waals surface area contributed by atoms with Crippen LogP contribution in [0.2, 0.25) is 0 Å². The Kier molecular flexibility index (Phi) is 5.58. The number of rotatable bonds is 4. The van der Waals surface area contributed by atoms with Crippen LogP contribution < -0.4 is 4.72 Å². The molecule has 7 heteroatoms. The summed E-state index contributed by atoms with van der Waals surface area (Å²) >= 11 is 0. The van der Waals surface area contributed by atoms with E-state index >= 15 is 0 Å². The summed E-state index contributed by atoms with van der Waals surface area (Å²) in [6.07, 6.45) is 1.61. The molecule has 1 aliphatic rings. The zero-order chi connectivity index (χ0) is 18.6. The lowest BCUT2D eigenvalue weighted by atomic mass is 10.1. The van der Waals surface area contributed by atoms with Crippen molar-refractivity contribution >= 4 is 21.6 Å². The minimum atomic E-state index is -3.47. The van der Waals surface area contributed by atoms with Gasteiger partial charge < -0.3 is 9.64 Å². The summed E-state index contributed by atoms with van der Waals surface area (Å²) < 4.78 is 31.5. The highest BCUT2D eigenvalue weighted by atomic mass is 32.2. The Morgan fingerprint density at radius 1 is 1.12 bits per heavy atom. The van der Waals surface area contributed by atoms with E-state index in [1.54, 1.807) is 29.2 Å². The van der Waals surface area contributed by atoms with Crippen LogP contribution in [0.4, 0.5) is 5.69 Å². The molecule has 0 aliphatic carbocycles. The van der Waals surface area contributed by atoms with E-state index in [0.29, 0.717) is 30.9 Å². The van der Waals surface area contributed by atoms with Crippen molar-refractivity contribution in [3.8, 4) is 0 Å². The molecule has 0 spiro atoms. The molecule has 1 N–H and O–H groups in total. The number of hydrogen-bond donors (Lipinski definition) is 1. The lowest BCUT2D eigenvalue weighted by molar-refractivity contribution is 0.0473. The minimum Gasteiger partial charge on any atom is -0.372 e. The van der Waals surface area contributed by atoms with Gasteiger partial charge in [-0.05, 0) is 24.1 Å². The van der Waals surface area contributed by atoms with Crippen LogP contribution in [0.1, 0.15) is 28.4 Å². The summed E-state index contributed by atoms with van der Waals surface area (Å²) in [5.41, 5.74) is 1.66. The van der Waals surface area contributed by atoms with Crippen molar-refractivity contribution in [1.82, 2.24) is 4.90 Å². The Morgan fingerprint density at radius 3 is 2.54 bits per heavy atom. The van der Waals surface area contributed by atoms with Gasteiger partial charge >= 0.3 is 0 Å². The minimum absolute atomic E-state index is 0.197. The van der Waals surface area contributed by atoms with Gasteiger partial charge in [0.2, 0.25) is 10.0 Å². The highest BCUT2D eigenvalue weighted by molar-refractivity contribution is 7.92. The van der Waals surface area contributed by atoms with Gasteiger partial charge in [-0.1, -0.05) is 42.5 Å². The number of carbonyl (C=O) groups is 1. The molecule has 0 bridgehead atoms. The van der Waals surface area contributed by atoms with Crippen molar-refractivity contribution in [3.63, 3.8) is 0 Å². The third-order valence-electron chi connectivity index (χ3n) is 4.19. The van der Waals surface area contributed by atoms with Gasteiger partial charge in [-0.15, -0.1) is 0 Å². The standard InChI is InChI=1S/C19H22N2O4S/c1-26(23,24)20-17-11-6-5-10-16(17)19(22)21-12-7-13-25-18(14-21)15-8-3-2-4-9-15/h2-6,8-11,18,20H,7,12-14H2,1H3. The number of nitrogens with zero attached hydrogens (tertiary/aromatic N) is 1. The molecule has 1 aliphatic heterocycles. The molecular formula is C19H22N2O4S. The lowest BCUT2D eigenvalue weighted by Crippen LogP contribution is -2.35. The first-order valence-corrected chi connectivity index (χ1v) is 10.4. The van der Waals surface area contributed by atoms with Crippen LogP contribution in [0.3, 0.4) is 0 Å². The summed E-state index contributed by atoms with van der Waals surface area (Å²) in [7, 11) is -3.47. The molecule has 0 aromatic heterocycles. The van der Waals surface area contributed by atoms with Gasteiger partial charge in [-0.25, -0.2) is 8.42 Å². The van der Waals surface area contributed by atoms with Crippen LogP contribution in [0, 0.1) is 0 Å². The fourth-order valence-electron chi connectivity index (χ4n) is 3.01. The molecule has 3 rings (SSSR count). The Bertz CT molecular complexity index is 868. The van der Waals surface area contributed by atoms with E-state index in [4.69, 9.17) is 4.74 Å². The van der Waals surface area contributed by atoms with E-state index in [0.717, 1.165) is 18.2 Å². The third-order valence-corrected chi connectivity index (χ3v) is 4.78. The number of sulfonamides is 1. The number of carbonyl (C=O) groups excluding carboxylic acids is 1. The van der Waals surface area contributed by atoms with E-state index < -0.39 is 10.0 Å². The predicted molar refractivity (Wildman–Crippen MR) is 101 cm³/mol. The third kappa shape index (κ3) is 4.62. The van der Waals surface area contributed by atoms with E-state index in [2.05, 4.69) is 4.72 Å². The van der Waals surface area contributed by atoms with E-state index in [1.165, 1.54) is 0 Å². The van der Waals surface area contributed by atoms with E-state index in [9.17, 15) is 13.2 Å². The number of hydrogen-bond acceptors (Lipinski definition) is 4. The van der Waals surface area contributed by atoms with Crippen LogP contribution >= 0.6 is 0 Å². The molecule has 138 valence electrons. The second-order valence-corrected chi connectivity index (χ2v) is 8.04. The first-order chi connectivity index (χ1) is 12.4. The molecule has 0 radical (unpaired) electrons. The topological polar surface area (TPSA) is 75.7 Å². The maximum absolute atomic E-state index is 13.1. The van der Waals surface area contributed by atoms with Crippen LogP contribution in [0.5, 0.6) is 0 Å². The zero-order valence-corrected chi connectivity index (χ0v) is 15.4. The van der Waals surface area contributed by atoms with Crippen LogP contribution in [0.15, 0.2) is 54.6 Å². The molecule has 26 heavy (non-hydrogen) atoms. The molecule has 2 aromatic rings. The first-order valence-electron chi connectivity index (χ1n) is 8.47. The van der Waals surface area contributed by atoms with Crippen molar-refractivity contribution in [1.29, 1.82) is 0 Å². The van der Waals surface area contributed by atoms with Crippen LogP contribution in [-0.2, 0) is 14.8 Å². The van der Waals surface area contributed by atoms with Gasteiger partial charge in [0.1, 0.15) is 6.10 Å². The lowest BCUT2D eigenvalue weighted by Gasteiger charge is -2.25. The van der Waals surface area contributed by atoms with Crippen LogP contribution in [0.25, 0.3) is 0 Å². The molecule has 1 saturated heterocycles. The molecule has 6 nitrogen and oxygen atoms in total. The predicted octanol–water partition coefficient (Wildman–Crippen LogP) is 2.66. The Hall–Kier alpha value is -2.38. The van der Waals surface area contributed by atoms with Crippen molar-refractivity contribution in [2.24, 2.45) is 0 Å². The molecule has 1 heterocycles. The molecule has 0 saturated carbocycles. The fraction of sp³-hybridized carbons (Fsp3) is 0.316. The maximum Gasteiger partial charge on any atom is 0.256 e.